The highest BCUT2D eigenvalue weighted by Gasteiger charge is 2.40. The van der Waals surface area contributed by atoms with Gasteiger partial charge in [-0.25, -0.2) is 0 Å². The molecule has 0 radical (unpaired) electrons. The predicted octanol–water partition coefficient (Wildman–Crippen LogP) is 3.88. The zero-order valence-electron chi connectivity index (χ0n) is 12.5. The highest BCUT2D eigenvalue weighted by atomic mass is 16.5. The number of rotatable bonds is 3. The Morgan fingerprint density at radius 3 is 2.06 bits per heavy atom. The van der Waals surface area contributed by atoms with Gasteiger partial charge in [0.2, 0.25) is 0 Å². The molecule has 0 saturated heterocycles. The molecule has 0 spiro atoms. The van der Waals surface area contributed by atoms with Crippen molar-refractivity contribution in [2.75, 3.05) is 6.54 Å². The Hall–Kier alpha value is -0.0800. The van der Waals surface area contributed by atoms with Gasteiger partial charge in [0.15, 0.2) is 0 Å². The fourth-order valence-corrected chi connectivity index (χ4v) is 3.45. The van der Waals surface area contributed by atoms with Crippen LogP contribution in [0.1, 0.15) is 72.1 Å². The van der Waals surface area contributed by atoms with E-state index in [4.69, 9.17) is 10.5 Å². The van der Waals surface area contributed by atoms with Gasteiger partial charge in [0.05, 0.1) is 11.7 Å². The molecule has 0 aliphatic heterocycles. The molecule has 0 atom stereocenters. The van der Waals surface area contributed by atoms with Crippen LogP contribution in [0.25, 0.3) is 0 Å². The zero-order valence-corrected chi connectivity index (χ0v) is 12.5. The van der Waals surface area contributed by atoms with Crippen LogP contribution in [0.15, 0.2) is 0 Å². The van der Waals surface area contributed by atoms with Crippen molar-refractivity contribution in [2.24, 2.45) is 17.1 Å². The maximum absolute atomic E-state index is 6.49. The number of hydrogen-bond donors (Lipinski definition) is 1. The van der Waals surface area contributed by atoms with E-state index in [0.29, 0.717) is 18.1 Å². The highest BCUT2D eigenvalue weighted by Crippen LogP contribution is 2.43. The minimum atomic E-state index is 0.000759. The largest absolute Gasteiger partial charge is 0.370 e. The fraction of sp³-hybridized carbons (Fsp3) is 1.00. The monoisotopic (exact) mass is 253 g/mol. The Balaban J connectivity index is 1.89. The van der Waals surface area contributed by atoms with Gasteiger partial charge in [-0.1, -0.05) is 20.8 Å². The molecule has 0 unspecified atom stereocenters. The van der Waals surface area contributed by atoms with Gasteiger partial charge in [-0.15, -0.1) is 0 Å². The van der Waals surface area contributed by atoms with E-state index < -0.39 is 0 Å². The van der Waals surface area contributed by atoms with Gasteiger partial charge in [0, 0.05) is 6.54 Å². The third-order valence-electron chi connectivity index (χ3n) is 5.27. The third-order valence-corrected chi connectivity index (χ3v) is 5.27. The molecule has 0 bridgehead atoms. The minimum absolute atomic E-state index is 0.000759. The van der Waals surface area contributed by atoms with Crippen molar-refractivity contribution < 1.29 is 4.74 Å². The molecule has 2 saturated carbocycles. The van der Waals surface area contributed by atoms with Gasteiger partial charge in [-0.3, -0.25) is 0 Å². The van der Waals surface area contributed by atoms with Gasteiger partial charge in [0.1, 0.15) is 0 Å². The first-order chi connectivity index (χ1) is 8.45. The molecule has 106 valence electrons. The lowest BCUT2D eigenvalue weighted by atomic mass is 9.70. The van der Waals surface area contributed by atoms with Crippen LogP contribution in [-0.2, 0) is 4.74 Å². The molecule has 2 nitrogen and oxygen atoms in total. The smallest absolute Gasteiger partial charge is 0.0808 e. The normalized spacial score (nSPS) is 35.3. The molecule has 2 aliphatic carbocycles. The Morgan fingerprint density at radius 1 is 1.00 bits per heavy atom. The van der Waals surface area contributed by atoms with Gasteiger partial charge >= 0.3 is 0 Å². The third kappa shape index (κ3) is 3.48. The second-order valence-electron chi connectivity index (χ2n) is 7.55. The topological polar surface area (TPSA) is 35.2 Å². The van der Waals surface area contributed by atoms with E-state index in [9.17, 15) is 0 Å². The Bertz CT molecular complexity index is 256. The van der Waals surface area contributed by atoms with Crippen molar-refractivity contribution >= 4 is 0 Å². The molecule has 18 heavy (non-hydrogen) atoms. The molecule has 2 rings (SSSR count). The quantitative estimate of drug-likeness (QED) is 0.828. The van der Waals surface area contributed by atoms with Crippen LogP contribution in [0.4, 0.5) is 0 Å². The summed E-state index contributed by atoms with van der Waals surface area (Å²) in [5, 5.41) is 0. The Morgan fingerprint density at radius 2 is 1.56 bits per heavy atom. The fourth-order valence-electron chi connectivity index (χ4n) is 3.45. The maximum atomic E-state index is 6.49. The van der Waals surface area contributed by atoms with Crippen LogP contribution in [0.5, 0.6) is 0 Å². The molecule has 2 N–H and O–H groups in total. The van der Waals surface area contributed by atoms with E-state index >= 15 is 0 Å². The van der Waals surface area contributed by atoms with Gasteiger partial charge in [0.25, 0.3) is 0 Å². The van der Waals surface area contributed by atoms with Crippen LogP contribution in [0, 0.1) is 11.3 Å². The van der Waals surface area contributed by atoms with Crippen LogP contribution in [-0.4, -0.2) is 18.2 Å². The van der Waals surface area contributed by atoms with Crippen LogP contribution >= 0.6 is 0 Å². The average Bonchev–Trinajstić information content (AvgIpc) is 2.35. The summed E-state index contributed by atoms with van der Waals surface area (Å²) in [5.41, 5.74) is 6.54. The first-order valence-corrected chi connectivity index (χ1v) is 7.83. The van der Waals surface area contributed by atoms with Crippen LogP contribution in [0.3, 0.4) is 0 Å². The van der Waals surface area contributed by atoms with E-state index in [-0.39, 0.29) is 5.60 Å². The van der Waals surface area contributed by atoms with Crippen molar-refractivity contribution in [1.29, 1.82) is 0 Å². The van der Waals surface area contributed by atoms with E-state index in [1.165, 1.54) is 38.5 Å². The van der Waals surface area contributed by atoms with E-state index in [2.05, 4.69) is 20.8 Å². The first kappa shape index (κ1) is 14.3. The molecular formula is C16H31NO. The number of ether oxygens (including phenoxy) is 1. The van der Waals surface area contributed by atoms with E-state index in [0.717, 1.165) is 18.8 Å². The summed E-state index contributed by atoms with van der Waals surface area (Å²) in [4.78, 5) is 0. The Kier molecular flexibility index (Phi) is 4.38. The van der Waals surface area contributed by atoms with E-state index in [1.54, 1.807) is 0 Å². The standard InChI is InChI=1S/C16H31NO/c1-13-4-6-14(7-5-13)18-16(12-17)10-8-15(2,3)9-11-16/h13-14H,4-12,17H2,1-3H3. The predicted molar refractivity (Wildman–Crippen MR) is 76.5 cm³/mol. The average molecular weight is 253 g/mol. The van der Waals surface area contributed by atoms with E-state index in [1.807, 2.05) is 0 Å². The second kappa shape index (κ2) is 5.50. The van der Waals surface area contributed by atoms with Gasteiger partial charge in [-0.2, -0.15) is 0 Å². The summed E-state index contributed by atoms with van der Waals surface area (Å²) in [6, 6.07) is 0. The summed E-state index contributed by atoms with van der Waals surface area (Å²) in [7, 11) is 0. The number of nitrogens with two attached hydrogens (primary N) is 1. The summed E-state index contributed by atoms with van der Waals surface area (Å²) >= 11 is 0. The maximum Gasteiger partial charge on any atom is 0.0808 e. The molecule has 0 aromatic carbocycles. The lowest BCUT2D eigenvalue weighted by molar-refractivity contribution is -0.132. The van der Waals surface area contributed by atoms with Crippen molar-refractivity contribution in [3.63, 3.8) is 0 Å². The van der Waals surface area contributed by atoms with Crippen LogP contribution in [0.2, 0.25) is 0 Å². The summed E-state index contributed by atoms with van der Waals surface area (Å²) in [6.45, 7) is 7.80. The molecule has 2 heteroatoms. The molecule has 0 heterocycles. The summed E-state index contributed by atoms with van der Waals surface area (Å²) < 4.78 is 6.49. The Labute approximate surface area is 113 Å². The molecule has 0 aromatic heterocycles. The summed E-state index contributed by atoms with van der Waals surface area (Å²) in [5.74, 6) is 0.893. The lowest BCUT2D eigenvalue weighted by Crippen LogP contribution is -2.48. The zero-order chi connectivity index (χ0) is 13.2. The van der Waals surface area contributed by atoms with Gasteiger partial charge in [-0.05, 0) is 62.7 Å². The molecule has 0 amide bonds. The van der Waals surface area contributed by atoms with Gasteiger partial charge < -0.3 is 10.5 Å². The molecule has 0 aromatic rings. The minimum Gasteiger partial charge on any atom is -0.370 e. The SMILES string of the molecule is CC1CCC(OC2(CN)CCC(C)(C)CC2)CC1. The van der Waals surface area contributed by atoms with Crippen LogP contribution < -0.4 is 5.73 Å². The molecule has 2 aliphatic rings. The molecular weight excluding hydrogens is 222 g/mol. The molecule has 2 fully saturated rings. The second-order valence-corrected chi connectivity index (χ2v) is 7.55. The van der Waals surface area contributed by atoms with Crippen molar-refractivity contribution in [1.82, 2.24) is 0 Å². The first-order valence-electron chi connectivity index (χ1n) is 7.83. The lowest BCUT2D eigenvalue weighted by Gasteiger charge is -2.45. The summed E-state index contributed by atoms with van der Waals surface area (Å²) in [6.07, 6.45) is 10.4. The van der Waals surface area contributed by atoms with Crippen molar-refractivity contribution in [3.8, 4) is 0 Å². The van der Waals surface area contributed by atoms with Crippen molar-refractivity contribution in [2.45, 2.75) is 83.8 Å². The highest BCUT2D eigenvalue weighted by molar-refractivity contribution is 4.92. The van der Waals surface area contributed by atoms with Crippen molar-refractivity contribution in [3.05, 3.63) is 0 Å². The number of hydrogen-bond acceptors (Lipinski definition) is 2.